The molecule has 0 aliphatic heterocycles. The highest BCUT2D eigenvalue weighted by Gasteiger charge is 2.23. The zero-order valence-corrected chi connectivity index (χ0v) is 30.1. The van der Waals surface area contributed by atoms with E-state index in [9.17, 15) is 24.2 Å². The van der Waals surface area contributed by atoms with Crippen LogP contribution < -0.4 is 5.32 Å². The van der Waals surface area contributed by atoms with Gasteiger partial charge in [0.2, 0.25) is 5.91 Å². The topological polar surface area (TPSA) is 131 Å². The summed E-state index contributed by atoms with van der Waals surface area (Å²) in [5, 5.41) is 12.6. The first-order chi connectivity index (χ1) is 22.8. The highest BCUT2D eigenvalue weighted by atomic mass is 31.2. The number of carbonyl (C=O) groups excluding carboxylic acids is 2. The summed E-state index contributed by atoms with van der Waals surface area (Å²) in [6.07, 6.45) is 37.3. The summed E-state index contributed by atoms with van der Waals surface area (Å²) in [7, 11) is -4.42. The number of phosphoric ester groups is 1. The Morgan fingerprint density at radius 3 is 1.87 bits per heavy atom. The van der Waals surface area contributed by atoms with Gasteiger partial charge in [0, 0.05) is 19.4 Å². The molecule has 0 aromatic carbocycles. The molecule has 3 N–H and O–H groups in total. The predicted molar refractivity (Wildman–Crippen MR) is 192 cm³/mol. The van der Waals surface area contributed by atoms with Gasteiger partial charge in [-0.25, -0.2) is 4.57 Å². The molecule has 9 nitrogen and oxygen atoms in total. The van der Waals surface area contributed by atoms with Gasteiger partial charge >= 0.3 is 13.8 Å². The van der Waals surface area contributed by atoms with Crippen molar-refractivity contribution in [1.29, 1.82) is 0 Å². The van der Waals surface area contributed by atoms with E-state index < -0.39 is 26.5 Å². The Morgan fingerprint density at radius 2 is 1.21 bits per heavy atom. The van der Waals surface area contributed by atoms with E-state index in [4.69, 9.17) is 13.8 Å². The Balaban J connectivity index is 3.74. The molecule has 0 aliphatic rings. The van der Waals surface area contributed by atoms with Crippen LogP contribution in [0, 0.1) is 0 Å². The van der Waals surface area contributed by atoms with Gasteiger partial charge in [-0.3, -0.25) is 18.6 Å². The van der Waals surface area contributed by atoms with Crippen LogP contribution in [-0.4, -0.2) is 54.3 Å². The van der Waals surface area contributed by atoms with Crippen LogP contribution >= 0.6 is 7.82 Å². The Kier molecular flexibility index (Phi) is 32.0. The fraction of sp³-hybridized carbons (Fsp3) is 0.676. The smallest absolute Gasteiger partial charge is 0.463 e. The number of ether oxygens (including phenoxy) is 1. The Bertz CT molecular complexity index is 960. The van der Waals surface area contributed by atoms with E-state index in [2.05, 4.69) is 79.9 Å². The number of amides is 1. The fourth-order valence-corrected chi connectivity index (χ4v) is 4.99. The second-order valence-corrected chi connectivity index (χ2v) is 12.9. The van der Waals surface area contributed by atoms with Crippen molar-refractivity contribution >= 4 is 19.7 Å². The molecule has 2 unspecified atom stereocenters. The molecule has 47 heavy (non-hydrogen) atoms. The summed E-state index contributed by atoms with van der Waals surface area (Å²) >= 11 is 0. The molecule has 0 aliphatic carbocycles. The number of unbranched alkanes of at least 4 members (excludes halogenated alkanes) is 9. The summed E-state index contributed by atoms with van der Waals surface area (Å²) in [5.74, 6) is -0.577. The first-order valence-electron chi connectivity index (χ1n) is 17.8. The molecule has 0 saturated carbocycles. The lowest BCUT2D eigenvalue weighted by Gasteiger charge is -2.15. The van der Waals surface area contributed by atoms with Crippen molar-refractivity contribution < 1.29 is 37.9 Å². The van der Waals surface area contributed by atoms with Crippen LogP contribution in [0.3, 0.4) is 0 Å². The van der Waals surface area contributed by atoms with Crippen LogP contribution in [0.4, 0.5) is 0 Å². The minimum absolute atomic E-state index is 0.0690. The average molecular weight is 682 g/mol. The molecular formula is C37H64NO8P. The Labute approximate surface area is 285 Å². The van der Waals surface area contributed by atoms with Crippen LogP contribution in [0.15, 0.2) is 60.8 Å². The molecule has 0 bridgehead atoms. The second-order valence-electron chi connectivity index (χ2n) is 11.5. The molecule has 2 atom stereocenters. The van der Waals surface area contributed by atoms with Gasteiger partial charge in [-0.1, -0.05) is 107 Å². The van der Waals surface area contributed by atoms with E-state index in [-0.39, 0.29) is 32.1 Å². The molecule has 0 spiro atoms. The maximum Gasteiger partial charge on any atom is 0.472 e. The third kappa shape index (κ3) is 34.9. The first kappa shape index (κ1) is 44.7. The normalized spacial score (nSPS) is 14.2. The fourth-order valence-electron chi connectivity index (χ4n) is 4.23. The monoisotopic (exact) mass is 681 g/mol. The molecular weight excluding hydrogens is 617 g/mol. The number of nitrogens with one attached hydrogen (secondary N) is 1. The van der Waals surface area contributed by atoms with Crippen LogP contribution in [0.5, 0.6) is 0 Å². The van der Waals surface area contributed by atoms with Gasteiger partial charge < -0.3 is 20.1 Å². The molecule has 0 rings (SSSR count). The van der Waals surface area contributed by atoms with E-state index in [0.717, 1.165) is 77.0 Å². The van der Waals surface area contributed by atoms with Crippen molar-refractivity contribution in [2.75, 3.05) is 26.4 Å². The van der Waals surface area contributed by atoms with Crippen molar-refractivity contribution in [2.45, 2.75) is 136 Å². The van der Waals surface area contributed by atoms with Gasteiger partial charge in [-0.05, 0) is 70.6 Å². The van der Waals surface area contributed by atoms with Crippen molar-refractivity contribution in [3.63, 3.8) is 0 Å². The lowest BCUT2D eigenvalue weighted by molar-refractivity contribution is -0.147. The number of aliphatic hydroxyl groups excluding tert-OH is 1. The minimum atomic E-state index is -4.42. The Hall–Kier alpha value is -2.29. The minimum Gasteiger partial charge on any atom is -0.463 e. The number of carbonyl (C=O) groups is 2. The number of aliphatic hydroxyl groups is 1. The van der Waals surface area contributed by atoms with Crippen molar-refractivity contribution in [2.24, 2.45) is 0 Å². The first-order valence-corrected chi connectivity index (χ1v) is 19.3. The molecule has 0 aromatic heterocycles. The number of allylic oxidation sites excluding steroid dienone is 10. The third-order valence-electron chi connectivity index (χ3n) is 6.93. The van der Waals surface area contributed by atoms with Gasteiger partial charge in [-0.2, -0.15) is 0 Å². The van der Waals surface area contributed by atoms with E-state index in [1.54, 1.807) is 0 Å². The van der Waals surface area contributed by atoms with E-state index >= 15 is 0 Å². The number of hydrogen-bond acceptors (Lipinski definition) is 7. The largest absolute Gasteiger partial charge is 0.472 e. The summed E-state index contributed by atoms with van der Waals surface area (Å²) in [5.41, 5.74) is 0. The quantitative estimate of drug-likeness (QED) is 0.0278. The number of hydrogen-bond donors (Lipinski definition) is 3. The standard InChI is InChI=1S/C37H64NO8P/c1-3-5-7-9-11-13-15-16-17-18-20-22-24-26-28-30-37(41)44-33-35(39)34-46-47(42,43)45-32-31-38-36(40)29-27-25-23-21-19-14-12-10-8-6-4-2/h5,7,10-13,16-17,20,22,35,39H,3-4,6,8-9,14-15,18-19,21,23-34H2,1-2H3,(H,38,40)(H,42,43)/b7-5-,12-10-,13-11-,17-16-,22-20-. The van der Waals surface area contributed by atoms with Crippen molar-refractivity contribution in [3.05, 3.63) is 60.8 Å². The number of esters is 1. The van der Waals surface area contributed by atoms with E-state index in [0.29, 0.717) is 12.8 Å². The number of phosphoric acid groups is 1. The van der Waals surface area contributed by atoms with Gasteiger partial charge in [0.15, 0.2) is 0 Å². The SMILES string of the molecule is CC/C=C\C/C=C\C/C=C\C/C=C\CCCCC(=O)OCC(O)COP(=O)(O)OCCNC(=O)CCCCCCC/C=C\CCCC. The van der Waals surface area contributed by atoms with Crippen LogP contribution in [0.1, 0.15) is 129 Å². The van der Waals surface area contributed by atoms with Gasteiger partial charge in [0.25, 0.3) is 0 Å². The summed E-state index contributed by atoms with van der Waals surface area (Å²) in [4.78, 5) is 33.6. The predicted octanol–water partition coefficient (Wildman–Crippen LogP) is 8.98. The Morgan fingerprint density at radius 1 is 0.681 bits per heavy atom. The van der Waals surface area contributed by atoms with Crippen LogP contribution in [-0.2, 0) is 27.9 Å². The molecule has 0 saturated heterocycles. The van der Waals surface area contributed by atoms with Gasteiger partial charge in [0.1, 0.15) is 12.7 Å². The molecule has 0 heterocycles. The third-order valence-corrected chi connectivity index (χ3v) is 7.92. The van der Waals surface area contributed by atoms with Gasteiger partial charge in [0.05, 0.1) is 13.2 Å². The highest BCUT2D eigenvalue weighted by molar-refractivity contribution is 7.47. The zero-order chi connectivity index (χ0) is 34.7. The lowest BCUT2D eigenvalue weighted by atomic mass is 10.1. The maximum absolute atomic E-state index is 12.0. The molecule has 270 valence electrons. The van der Waals surface area contributed by atoms with E-state index in [1.165, 1.54) is 19.3 Å². The van der Waals surface area contributed by atoms with Crippen LogP contribution in [0.2, 0.25) is 0 Å². The molecule has 0 fully saturated rings. The van der Waals surface area contributed by atoms with Crippen molar-refractivity contribution in [3.8, 4) is 0 Å². The van der Waals surface area contributed by atoms with E-state index in [1.807, 2.05) is 0 Å². The molecule has 0 aromatic rings. The second kappa shape index (κ2) is 33.6. The van der Waals surface area contributed by atoms with Crippen molar-refractivity contribution in [1.82, 2.24) is 5.32 Å². The maximum atomic E-state index is 12.0. The molecule has 1 amide bonds. The van der Waals surface area contributed by atoms with Gasteiger partial charge in [-0.15, -0.1) is 0 Å². The summed E-state index contributed by atoms with van der Waals surface area (Å²) in [6.45, 7) is 3.30. The summed E-state index contributed by atoms with van der Waals surface area (Å²) in [6, 6.07) is 0. The number of rotatable bonds is 32. The lowest BCUT2D eigenvalue weighted by Crippen LogP contribution is -2.27. The summed E-state index contributed by atoms with van der Waals surface area (Å²) < 4.78 is 26.7. The average Bonchev–Trinajstić information content (AvgIpc) is 3.05. The molecule has 0 radical (unpaired) electrons. The molecule has 10 heteroatoms. The highest BCUT2D eigenvalue weighted by Crippen LogP contribution is 2.42. The zero-order valence-electron chi connectivity index (χ0n) is 29.2. The van der Waals surface area contributed by atoms with Crippen LogP contribution in [0.25, 0.3) is 0 Å².